The molecule has 2 amide bonds. The van der Waals surface area contributed by atoms with E-state index in [9.17, 15) is 19.5 Å². The molecule has 3 unspecified atom stereocenters. The topological polar surface area (TPSA) is 87.2 Å². The van der Waals surface area contributed by atoms with Crippen molar-refractivity contribution in [2.45, 2.75) is 80.9 Å². The van der Waals surface area contributed by atoms with Crippen molar-refractivity contribution in [2.24, 2.45) is 11.8 Å². The number of hydrogen-bond donors (Lipinski definition) is 1. The molecule has 0 aromatic rings. The number of carbonyl (C=O) groups is 3. The minimum Gasteiger partial charge on any atom is -0.465 e. The summed E-state index contributed by atoms with van der Waals surface area (Å²) < 4.78 is 4.92. The van der Waals surface area contributed by atoms with Crippen molar-refractivity contribution in [2.75, 3.05) is 26.3 Å². The minimum atomic E-state index is -0.607. The lowest BCUT2D eigenvalue weighted by Gasteiger charge is -2.39. The summed E-state index contributed by atoms with van der Waals surface area (Å²) in [6.07, 6.45) is 8.56. The first-order chi connectivity index (χ1) is 16.4. The number of thioether (sulfide) groups is 1. The van der Waals surface area contributed by atoms with Gasteiger partial charge in [0.25, 0.3) is 0 Å². The largest absolute Gasteiger partial charge is 0.465 e. The van der Waals surface area contributed by atoms with E-state index in [2.05, 4.69) is 20.1 Å². The van der Waals surface area contributed by atoms with E-state index in [1.165, 1.54) is 0 Å². The Kier molecular flexibility index (Phi) is 9.27. The first-order valence-electron chi connectivity index (χ1n) is 12.7. The maximum absolute atomic E-state index is 14.1. The number of ether oxygens (including phenoxy) is 1. The Balaban J connectivity index is 1.95. The SMILES string of the molecule is C=CCCOC(=O)[C@@H]1[C@@H]2CCC3(S2)C(C(=O)N(CC=C)C(C)CCC)N(CCCCO)C(=O)[C@H]13. The van der Waals surface area contributed by atoms with Gasteiger partial charge in [-0.2, -0.15) is 0 Å². The van der Waals surface area contributed by atoms with Crippen LogP contribution in [0.15, 0.2) is 25.3 Å². The molecule has 3 aliphatic heterocycles. The molecule has 0 aromatic carbocycles. The average molecular weight is 493 g/mol. The van der Waals surface area contributed by atoms with Crippen LogP contribution in [0.25, 0.3) is 0 Å². The summed E-state index contributed by atoms with van der Waals surface area (Å²) in [4.78, 5) is 44.6. The Morgan fingerprint density at radius 2 is 2.12 bits per heavy atom. The zero-order valence-electron chi connectivity index (χ0n) is 20.6. The van der Waals surface area contributed by atoms with Crippen LogP contribution in [0.2, 0.25) is 0 Å². The van der Waals surface area contributed by atoms with E-state index >= 15 is 0 Å². The molecule has 190 valence electrons. The van der Waals surface area contributed by atoms with Crippen LogP contribution in [0.1, 0.15) is 58.8 Å². The van der Waals surface area contributed by atoms with Gasteiger partial charge in [-0.15, -0.1) is 24.9 Å². The molecular weight excluding hydrogens is 452 g/mol. The predicted molar refractivity (Wildman–Crippen MR) is 134 cm³/mol. The van der Waals surface area contributed by atoms with Crippen molar-refractivity contribution < 1.29 is 24.2 Å². The van der Waals surface area contributed by atoms with Crippen LogP contribution in [0.4, 0.5) is 0 Å². The van der Waals surface area contributed by atoms with Gasteiger partial charge in [0.05, 0.1) is 23.2 Å². The number of nitrogens with zero attached hydrogens (tertiary/aromatic N) is 2. The molecule has 0 radical (unpaired) electrons. The van der Waals surface area contributed by atoms with Gasteiger partial charge in [0.2, 0.25) is 11.8 Å². The first kappa shape index (κ1) is 26.8. The highest BCUT2D eigenvalue weighted by molar-refractivity contribution is 8.02. The van der Waals surface area contributed by atoms with Crippen LogP contribution in [0, 0.1) is 11.8 Å². The number of amides is 2. The van der Waals surface area contributed by atoms with Crippen LogP contribution < -0.4 is 0 Å². The Bertz CT molecular complexity index is 789. The molecular formula is C26H40N2O5S. The summed E-state index contributed by atoms with van der Waals surface area (Å²) >= 11 is 1.66. The first-order valence-corrected chi connectivity index (χ1v) is 13.5. The van der Waals surface area contributed by atoms with Crippen LogP contribution in [0.3, 0.4) is 0 Å². The quantitative estimate of drug-likeness (QED) is 0.228. The number of hydrogen-bond acceptors (Lipinski definition) is 6. The van der Waals surface area contributed by atoms with Crippen molar-refractivity contribution in [3.8, 4) is 0 Å². The Morgan fingerprint density at radius 3 is 2.76 bits per heavy atom. The second-order valence-corrected chi connectivity index (χ2v) is 11.3. The Labute approximate surface area is 208 Å². The smallest absolute Gasteiger partial charge is 0.310 e. The van der Waals surface area contributed by atoms with Crippen LogP contribution in [-0.2, 0) is 19.1 Å². The Morgan fingerprint density at radius 1 is 1.35 bits per heavy atom. The van der Waals surface area contributed by atoms with Gasteiger partial charge < -0.3 is 19.6 Å². The van der Waals surface area contributed by atoms with Crippen molar-refractivity contribution in [1.82, 2.24) is 9.80 Å². The summed E-state index contributed by atoms with van der Waals surface area (Å²) in [5.41, 5.74) is 0. The van der Waals surface area contributed by atoms with Gasteiger partial charge in [0.15, 0.2) is 0 Å². The van der Waals surface area contributed by atoms with E-state index in [0.717, 1.165) is 25.7 Å². The van der Waals surface area contributed by atoms with E-state index in [1.54, 1.807) is 28.8 Å². The van der Waals surface area contributed by atoms with Gasteiger partial charge in [0, 0.05) is 31.0 Å². The van der Waals surface area contributed by atoms with Crippen molar-refractivity contribution in [3.05, 3.63) is 25.3 Å². The molecule has 0 aromatic heterocycles. The average Bonchev–Trinajstić information content (AvgIpc) is 3.45. The van der Waals surface area contributed by atoms with Crippen LogP contribution in [0.5, 0.6) is 0 Å². The normalized spacial score (nSPS) is 30.2. The molecule has 8 heteroatoms. The summed E-state index contributed by atoms with van der Waals surface area (Å²) in [7, 11) is 0. The van der Waals surface area contributed by atoms with Crippen molar-refractivity contribution in [3.63, 3.8) is 0 Å². The summed E-state index contributed by atoms with van der Waals surface area (Å²) in [5, 5.41) is 9.29. The van der Waals surface area contributed by atoms with E-state index in [-0.39, 0.29) is 42.3 Å². The zero-order chi connectivity index (χ0) is 24.9. The Hall–Kier alpha value is -1.80. The molecule has 34 heavy (non-hydrogen) atoms. The number of aliphatic hydroxyl groups is 1. The van der Waals surface area contributed by atoms with Gasteiger partial charge in [-0.3, -0.25) is 14.4 Å². The molecule has 3 aliphatic rings. The molecule has 3 heterocycles. The predicted octanol–water partition coefficient (Wildman–Crippen LogP) is 3.17. The maximum Gasteiger partial charge on any atom is 0.310 e. The molecule has 7 nitrogen and oxygen atoms in total. The number of unbranched alkanes of at least 4 members (excludes halogenated alkanes) is 1. The fraction of sp³-hybridized carbons (Fsp3) is 0.731. The highest BCUT2D eigenvalue weighted by atomic mass is 32.2. The highest BCUT2D eigenvalue weighted by Crippen LogP contribution is 2.66. The van der Waals surface area contributed by atoms with Gasteiger partial charge in [-0.1, -0.05) is 25.5 Å². The minimum absolute atomic E-state index is 0.000919. The van der Waals surface area contributed by atoms with Gasteiger partial charge in [-0.25, -0.2) is 0 Å². The van der Waals surface area contributed by atoms with E-state index < -0.39 is 22.6 Å². The molecule has 6 atom stereocenters. The van der Waals surface area contributed by atoms with Gasteiger partial charge in [-0.05, 0) is 45.4 Å². The monoisotopic (exact) mass is 492 g/mol. The molecule has 1 N–H and O–H groups in total. The lowest BCUT2D eigenvalue weighted by atomic mass is 9.71. The number of fused-ring (bicyclic) bond motifs is 1. The van der Waals surface area contributed by atoms with Crippen LogP contribution in [-0.4, -0.2) is 81.1 Å². The lowest BCUT2D eigenvalue weighted by molar-refractivity contribution is -0.154. The zero-order valence-corrected chi connectivity index (χ0v) is 21.4. The molecule has 1 spiro atoms. The fourth-order valence-corrected chi connectivity index (χ4v) is 8.23. The van der Waals surface area contributed by atoms with E-state index in [1.807, 2.05) is 11.8 Å². The summed E-state index contributed by atoms with van der Waals surface area (Å²) in [6.45, 7) is 12.8. The van der Waals surface area contributed by atoms with Gasteiger partial charge in [0.1, 0.15) is 6.04 Å². The fourth-order valence-electron chi connectivity index (χ4n) is 6.03. The molecule has 3 rings (SSSR count). The van der Waals surface area contributed by atoms with Gasteiger partial charge >= 0.3 is 5.97 Å². The lowest BCUT2D eigenvalue weighted by Crippen LogP contribution is -2.56. The number of carbonyl (C=O) groups excluding carboxylic acids is 3. The van der Waals surface area contributed by atoms with Crippen LogP contribution >= 0.6 is 11.8 Å². The summed E-state index contributed by atoms with van der Waals surface area (Å²) in [5.74, 6) is -1.55. The van der Waals surface area contributed by atoms with Crippen molar-refractivity contribution in [1.29, 1.82) is 0 Å². The summed E-state index contributed by atoms with van der Waals surface area (Å²) in [6, 6.07) is -0.576. The molecule has 3 fully saturated rings. The second kappa shape index (κ2) is 11.8. The van der Waals surface area contributed by atoms with E-state index in [0.29, 0.717) is 32.4 Å². The molecule has 0 aliphatic carbocycles. The number of rotatable bonds is 14. The number of aliphatic hydroxyl groups excluding tert-OH is 1. The number of likely N-dealkylation sites (tertiary alicyclic amines) is 1. The van der Waals surface area contributed by atoms with E-state index in [4.69, 9.17) is 4.74 Å². The molecule has 0 saturated carbocycles. The number of esters is 1. The highest BCUT2D eigenvalue weighted by Gasteiger charge is 2.74. The second-order valence-electron chi connectivity index (χ2n) is 9.68. The third-order valence-electron chi connectivity index (χ3n) is 7.53. The third-order valence-corrected chi connectivity index (χ3v) is 9.48. The third kappa shape index (κ3) is 4.81. The molecule has 3 saturated heterocycles. The standard InChI is InChI=1S/C26H40N2O5S/c1-5-8-17-33-25(32)20-19-12-13-26(34-19)21(20)23(30)28(15-9-10-16-29)22(26)24(31)27(14-7-3)18(4)11-6-2/h5,7,18-22,29H,1,3,6,8-17H2,2,4H3/t18?,19-,20+,21-,22?,26?/m0/s1. The molecule has 2 bridgehead atoms. The maximum atomic E-state index is 14.1. The van der Waals surface area contributed by atoms with Crippen molar-refractivity contribution >= 4 is 29.5 Å².